The normalized spacial score (nSPS) is 15.6. The van der Waals surface area contributed by atoms with Gasteiger partial charge in [0.25, 0.3) is 5.91 Å². The number of rotatable bonds is 4. The number of urea groups is 1. The number of hydrogen-bond acceptors (Lipinski definition) is 4. The van der Waals surface area contributed by atoms with Crippen molar-refractivity contribution in [3.63, 3.8) is 0 Å². The van der Waals surface area contributed by atoms with Crippen molar-refractivity contribution in [2.45, 2.75) is 19.9 Å². The molecule has 1 unspecified atom stereocenters. The third-order valence-corrected chi connectivity index (χ3v) is 5.02. The van der Waals surface area contributed by atoms with Crippen molar-refractivity contribution in [2.75, 3.05) is 33.3 Å². The second kappa shape index (κ2) is 8.33. The third-order valence-electron chi connectivity index (χ3n) is 5.02. The quantitative estimate of drug-likeness (QED) is 0.784. The number of carbonyl (C=O) groups excluding carboxylic acids is 3. The molecule has 1 aliphatic rings. The van der Waals surface area contributed by atoms with Crippen molar-refractivity contribution in [1.29, 1.82) is 0 Å². The van der Waals surface area contributed by atoms with E-state index in [2.05, 4.69) is 10.3 Å². The summed E-state index contributed by atoms with van der Waals surface area (Å²) in [5.74, 6) is -0.622. The Hall–Kier alpha value is -3.03. The zero-order valence-electron chi connectivity index (χ0n) is 16.4. The van der Waals surface area contributed by atoms with Gasteiger partial charge < -0.3 is 24.8 Å². The summed E-state index contributed by atoms with van der Waals surface area (Å²) in [6, 6.07) is 8.58. The Bertz CT molecular complexity index is 835. The molecule has 150 valence electrons. The lowest BCUT2D eigenvalue weighted by Gasteiger charge is -2.35. The number of amides is 3. The average Bonchev–Trinajstić information content (AvgIpc) is 3.14. The number of piperazine rings is 1. The highest BCUT2D eigenvalue weighted by molar-refractivity contribution is 5.98. The number of ether oxygens (including phenoxy) is 1. The highest BCUT2D eigenvalue weighted by Crippen LogP contribution is 2.17. The minimum Gasteiger partial charge on any atom is -0.467 e. The Labute approximate surface area is 163 Å². The number of esters is 1. The van der Waals surface area contributed by atoms with Gasteiger partial charge in [0.15, 0.2) is 0 Å². The monoisotopic (exact) mass is 386 g/mol. The Morgan fingerprint density at radius 3 is 2.32 bits per heavy atom. The average molecular weight is 386 g/mol. The Morgan fingerprint density at radius 1 is 1.07 bits per heavy atom. The standard InChI is InChI=1S/C20H26N4O4/c1-13(2)17(19(26)28-3)22-20(27)24-10-8-23(9-11-24)18(25)16-12-14-6-4-5-7-15(14)21-16/h4-7,12-13,17,21H,8-11H2,1-3H3,(H,22,27). The number of carbonyl (C=O) groups is 3. The lowest BCUT2D eigenvalue weighted by molar-refractivity contribution is -0.144. The van der Waals surface area contributed by atoms with Gasteiger partial charge in [-0.1, -0.05) is 32.0 Å². The van der Waals surface area contributed by atoms with Gasteiger partial charge >= 0.3 is 12.0 Å². The molecule has 0 radical (unpaired) electrons. The van der Waals surface area contributed by atoms with Crippen LogP contribution in [0.4, 0.5) is 4.79 Å². The molecule has 1 saturated heterocycles. The van der Waals surface area contributed by atoms with Crippen molar-refractivity contribution in [2.24, 2.45) is 5.92 Å². The molecule has 0 saturated carbocycles. The van der Waals surface area contributed by atoms with E-state index in [1.807, 2.05) is 44.2 Å². The number of aromatic amines is 1. The maximum Gasteiger partial charge on any atom is 0.328 e. The van der Waals surface area contributed by atoms with Crippen LogP contribution in [-0.2, 0) is 9.53 Å². The molecule has 0 aliphatic carbocycles. The predicted molar refractivity (Wildman–Crippen MR) is 105 cm³/mol. The summed E-state index contributed by atoms with van der Waals surface area (Å²) >= 11 is 0. The van der Waals surface area contributed by atoms with Crippen LogP contribution in [0.1, 0.15) is 24.3 Å². The zero-order chi connectivity index (χ0) is 20.3. The molecule has 3 rings (SSSR count). The van der Waals surface area contributed by atoms with Gasteiger partial charge in [-0.25, -0.2) is 9.59 Å². The largest absolute Gasteiger partial charge is 0.467 e. The number of aromatic nitrogens is 1. The smallest absolute Gasteiger partial charge is 0.328 e. The molecule has 1 atom stereocenters. The van der Waals surface area contributed by atoms with Crippen LogP contribution < -0.4 is 5.32 Å². The van der Waals surface area contributed by atoms with Crippen LogP contribution in [0.25, 0.3) is 10.9 Å². The fourth-order valence-corrected chi connectivity index (χ4v) is 3.32. The van der Waals surface area contributed by atoms with Crippen molar-refractivity contribution < 1.29 is 19.1 Å². The maximum absolute atomic E-state index is 12.8. The lowest BCUT2D eigenvalue weighted by Crippen LogP contribution is -2.56. The van der Waals surface area contributed by atoms with Gasteiger partial charge in [0.1, 0.15) is 11.7 Å². The number of fused-ring (bicyclic) bond motifs is 1. The first-order chi connectivity index (χ1) is 13.4. The first-order valence-corrected chi connectivity index (χ1v) is 9.41. The Balaban J connectivity index is 1.58. The molecule has 28 heavy (non-hydrogen) atoms. The topological polar surface area (TPSA) is 94.7 Å². The summed E-state index contributed by atoms with van der Waals surface area (Å²) in [4.78, 5) is 43.6. The maximum atomic E-state index is 12.8. The molecule has 3 amide bonds. The summed E-state index contributed by atoms with van der Waals surface area (Å²) in [5, 5.41) is 3.73. The number of nitrogens with one attached hydrogen (secondary N) is 2. The molecule has 1 aromatic heterocycles. The number of para-hydroxylation sites is 1. The molecule has 2 heterocycles. The Morgan fingerprint density at radius 2 is 1.71 bits per heavy atom. The summed E-state index contributed by atoms with van der Waals surface area (Å²) in [7, 11) is 1.30. The van der Waals surface area contributed by atoms with Gasteiger partial charge in [0.2, 0.25) is 0 Å². The van der Waals surface area contributed by atoms with Gasteiger partial charge in [0.05, 0.1) is 7.11 Å². The number of hydrogen-bond donors (Lipinski definition) is 2. The van der Waals surface area contributed by atoms with Gasteiger partial charge in [-0.3, -0.25) is 4.79 Å². The van der Waals surface area contributed by atoms with E-state index < -0.39 is 12.0 Å². The number of H-pyrrole nitrogens is 1. The molecule has 2 N–H and O–H groups in total. The van der Waals surface area contributed by atoms with E-state index >= 15 is 0 Å². The molecule has 8 nitrogen and oxygen atoms in total. The van der Waals surface area contributed by atoms with Gasteiger partial charge in [-0.15, -0.1) is 0 Å². The molecule has 0 bridgehead atoms. The second-order valence-electron chi connectivity index (χ2n) is 7.24. The molecule has 2 aromatic rings. The van der Waals surface area contributed by atoms with Crippen LogP contribution in [0.3, 0.4) is 0 Å². The van der Waals surface area contributed by atoms with Crippen molar-refractivity contribution >= 4 is 28.8 Å². The van der Waals surface area contributed by atoms with Gasteiger partial charge in [-0.2, -0.15) is 0 Å². The fraction of sp³-hybridized carbons (Fsp3) is 0.450. The van der Waals surface area contributed by atoms with Gasteiger partial charge in [-0.05, 0) is 18.1 Å². The van der Waals surface area contributed by atoms with E-state index in [1.165, 1.54) is 7.11 Å². The minimum atomic E-state index is -0.691. The SMILES string of the molecule is COC(=O)C(NC(=O)N1CCN(C(=O)c2cc3ccccc3[nH]2)CC1)C(C)C. The highest BCUT2D eigenvalue weighted by Gasteiger charge is 2.30. The van der Waals surface area contributed by atoms with E-state index in [1.54, 1.807) is 9.80 Å². The minimum absolute atomic E-state index is 0.0779. The molecule has 1 fully saturated rings. The second-order valence-corrected chi connectivity index (χ2v) is 7.24. The van der Waals surface area contributed by atoms with Crippen LogP contribution >= 0.6 is 0 Å². The zero-order valence-corrected chi connectivity index (χ0v) is 16.4. The summed E-state index contributed by atoms with van der Waals surface area (Å²) < 4.78 is 4.76. The number of methoxy groups -OCH3 is 1. The fourth-order valence-electron chi connectivity index (χ4n) is 3.32. The highest BCUT2D eigenvalue weighted by atomic mass is 16.5. The van der Waals surface area contributed by atoms with Crippen molar-refractivity contribution in [1.82, 2.24) is 20.1 Å². The van der Waals surface area contributed by atoms with Crippen LogP contribution in [0.15, 0.2) is 30.3 Å². The van der Waals surface area contributed by atoms with E-state index in [4.69, 9.17) is 4.74 Å². The van der Waals surface area contributed by atoms with Crippen LogP contribution in [0.5, 0.6) is 0 Å². The molecular weight excluding hydrogens is 360 g/mol. The number of nitrogens with zero attached hydrogens (tertiary/aromatic N) is 2. The first kappa shape index (κ1) is 19.7. The number of benzene rings is 1. The van der Waals surface area contributed by atoms with Crippen LogP contribution in [0, 0.1) is 5.92 Å². The van der Waals surface area contributed by atoms with Crippen molar-refractivity contribution in [3.8, 4) is 0 Å². The first-order valence-electron chi connectivity index (χ1n) is 9.41. The predicted octanol–water partition coefficient (Wildman–Crippen LogP) is 1.83. The third kappa shape index (κ3) is 4.11. The van der Waals surface area contributed by atoms with E-state index in [0.29, 0.717) is 31.9 Å². The summed E-state index contributed by atoms with van der Waals surface area (Å²) in [5.41, 5.74) is 1.47. The van der Waals surface area contributed by atoms with Crippen LogP contribution in [0.2, 0.25) is 0 Å². The van der Waals surface area contributed by atoms with Gasteiger partial charge in [0, 0.05) is 37.1 Å². The molecule has 8 heteroatoms. The summed E-state index contributed by atoms with van der Waals surface area (Å²) in [6.07, 6.45) is 0. The molecular formula is C20H26N4O4. The van der Waals surface area contributed by atoms with E-state index in [-0.39, 0.29) is 17.9 Å². The summed E-state index contributed by atoms with van der Waals surface area (Å²) in [6.45, 7) is 5.38. The lowest BCUT2D eigenvalue weighted by atomic mass is 10.1. The van der Waals surface area contributed by atoms with E-state index in [0.717, 1.165) is 10.9 Å². The molecule has 1 aromatic carbocycles. The molecule has 0 spiro atoms. The molecule has 1 aliphatic heterocycles. The van der Waals surface area contributed by atoms with Crippen LogP contribution in [-0.4, -0.2) is 72.0 Å². The Kier molecular flexibility index (Phi) is 5.87. The van der Waals surface area contributed by atoms with Crippen molar-refractivity contribution in [3.05, 3.63) is 36.0 Å². The van der Waals surface area contributed by atoms with E-state index in [9.17, 15) is 14.4 Å².